The van der Waals surface area contributed by atoms with Crippen LogP contribution in [0.3, 0.4) is 0 Å². The van der Waals surface area contributed by atoms with Crippen LogP contribution in [0.2, 0.25) is 0 Å². The van der Waals surface area contributed by atoms with E-state index in [4.69, 9.17) is 0 Å². The number of hydrogen-bond acceptors (Lipinski definition) is 2. The lowest BCUT2D eigenvalue weighted by Gasteiger charge is -2.21. The minimum Gasteiger partial charge on any atom is -0.385 e. The largest absolute Gasteiger partial charge is 0.385 e. The molecule has 3 aliphatic rings. The maximum atomic E-state index is 4.29. The summed E-state index contributed by atoms with van der Waals surface area (Å²) in [5.41, 5.74) is 4.10. The van der Waals surface area contributed by atoms with Gasteiger partial charge in [0.05, 0.1) is 0 Å². The Morgan fingerprint density at radius 1 is 1.12 bits per heavy atom. The molecular formula is C22H31NS. The van der Waals surface area contributed by atoms with E-state index in [1.807, 2.05) is 17.4 Å². The van der Waals surface area contributed by atoms with E-state index in [0.29, 0.717) is 5.92 Å². The molecule has 1 N–H and O–H groups in total. The average molecular weight is 342 g/mol. The lowest BCUT2D eigenvalue weighted by Crippen LogP contribution is -2.17. The van der Waals surface area contributed by atoms with E-state index < -0.39 is 0 Å². The van der Waals surface area contributed by atoms with E-state index in [0.717, 1.165) is 30.5 Å². The molecule has 1 nitrogen and oxygen atoms in total. The first-order valence-electron chi connectivity index (χ1n) is 9.41. The van der Waals surface area contributed by atoms with Gasteiger partial charge < -0.3 is 5.32 Å². The Labute approximate surface area is 151 Å². The molecule has 0 amide bonds. The molecule has 2 saturated carbocycles. The van der Waals surface area contributed by atoms with Crippen molar-refractivity contribution in [2.75, 3.05) is 6.54 Å². The Balaban J connectivity index is 0.000000290. The van der Waals surface area contributed by atoms with Gasteiger partial charge in [0.25, 0.3) is 0 Å². The summed E-state index contributed by atoms with van der Waals surface area (Å²) in [7, 11) is 0. The first kappa shape index (κ1) is 17.5. The molecular weight excluding hydrogens is 310 g/mol. The fraction of sp³-hybridized carbons (Fsp3) is 0.545. The van der Waals surface area contributed by atoms with E-state index in [-0.39, 0.29) is 0 Å². The van der Waals surface area contributed by atoms with Crippen molar-refractivity contribution in [1.29, 1.82) is 0 Å². The second-order valence-corrected chi connectivity index (χ2v) is 8.86. The molecule has 0 aromatic carbocycles. The summed E-state index contributed by atoms with van der Waals surface area (Å²) in [6.45, 7) is 15.2. The van der Waals surface area contributed by atoms with Crippen LogP contribution in [-0.2, 0) is 12.8 Å². The highest BCUT2D eigenvalue weighted by Crippen LogP contribution is 2.39. The molecule has 3 aliphatic carbocycles. The zero-order chi connectivity index (χ0) is 17.1. The maximum absolute atomic E-state index is 4.29. The molecule has 0 aliphatic heterocycles. The zero-order valence-corrected chi connectivity index (χ0v) is 15.9. The normalized spacial score (nSPS) is 22.0. The number of aryl methyl sites for hydroxylation is 2. The van der Waals surface area contributed by atoms with Crippen molar-refractivity contribution < 1.29 is 0 Å². The van der Waals surface area contributed by atoms with Crippen LogP contribution in [0, 0.1) is 24.7 Å². The molecule has 4 rings (SSSR count). The highest BCUT2D eigenvalue weighted by Gasteiger charge is 2.25. The SMILES string of the molecule is C=CC1CC1.C=CC1CCc2sc(C)c(C(=C)NCC3CC3)c2C1. The molecule has 1 unspecified atom stereocenters. The summed E-state index contributed by atoms with van der Waals surface area (Å²) in [5.74, 6) is 2.44. The second-order valence-electron chi connectivity index (χ2n) is 7.55. The average Bonchev–Trinajstić information content (AvgIpc) is 3.49. The monoisotopic (exact) mass is 341 g/mol. The van der Waals surface area contributed by atoms with Crippen molar-refractivity contribution in [1.82, 2.24) is 5.32 Å². The second kappa shape index (κ2) is 7.74. The lowest BCUT2D eigenvalue weighted by molar-refractivity contribution is 0.560. The standard InChI is InChI=1S/C17H23NS.C5H8/c1-4-13-7-8-16-15(9-13)17(12(3)19-16)11(2)18-10-14-5-6-14;1-2-5-3-4-5/h4,13-14,18H,1-2,5-10H2,3H3;2,5H,1,3-4H2. The van der Waals surface area contributed by atoms with Gasteiger partial charge in [0.15, 0.2) is 0 Å². The maximum Gasteiger partial charge on any atom is 0.0354 e. The minimum atomic E-state index is 0.650. The van der Waals surface area contributed by atoms with Crippen molar-refractivity contribution in [2.24, 2.45) is 17.8 Å². The molecule has 1 atom stereocenters. The fourth-order valence-corrected chi connectivity index (χ4v) is 4.60. The third kappa shape index (κ3) is 4.42. The molecule has 1 aromatic rings. The van der Waals surface area contributed by atoms with Gasteiger partial charge in [0.2, 0.25) is 0 Å². The Kier molecular flexibility index (Phi) is 5.65. The number of nitrogens with one attached hydrogen (secondary N) is 1. The molecule has 1 aromatic heterocycles. The minimum absolute atomic E-state index is 0.650. The predicted octanol–water partition coefficient (Wildman–Crippen LogP) is 5.90. The summed E-state index contributed by atoms with van der Waals surface area (Å²) in [5, 5.41) is 3.56. The van der Waals surface area contributed by atoms with Gasteiger partial charge in [-0.25, -0.2) is 0 Å². The van der Waals surface area contributed by atoms with E-state index in [1.54, 1.807) is 10.4 Å². The molecule has 130 valence electrons. The van der Waals surface area contributed by atoms with Crippen LogP contribution in [-0.4, -0.2) is 6.54 Å². The van der Waals surface area contributed by atoms with Crippen molar-refractivity contribution in [3.63, 3.8) is 0 Å². The van der Waals surface area contributed by atoms with E-state index in [9.17, 15) is 0 Å². The zero-order valence-electron chi connectivity index (χ0n) is 15.1. The van der Waals surface area contributed by atoms with Crippen molar-refractivity contribution in [2.45, 2.75) is 51.9 Å². The predicted molar refractivity (Wildman–Crippen MR) is 107 cm³/mol. The van der Waals surface area contributed by atoms with E-state index in [1.165, 1.54) is 49.0 Å². The van der Waals surface area contributed by atoms with Crippen LogP contribution in [0.15, 0.2) is 31.9 Å². The van der Waals surface area contributed by atoms with Crippen molar-refractivity contribution >= 4 is 17.0 Å². The molecule has 2 heteroatoms. The number of fused-ring (bicyclic) bond motifs is 1. The van der Waals surface area contributed by atoms with Gasteiger partial charge in [-0.3, -0.25) is 0 Å². The van der Waals surface area contributed by atoms with Gasteiger partial charge >= 0.3 is 0 Å². The summed E-state index contributed by atoms with van der Waals surface area (Å²) in [4.78, 5) is 3.02. The summed E-state index contributed by atoms with van der Waals surface area (Å²) < 4.78 is 0. The molecule has 0 radical (unpaired) electrons. The van der Waals surface area contributed by atoms with Crippen LogP contribution in [0.5, 0.6) is 0 Å². The van der Waals surface area contributed by atoms with E-state index >= 15 is 0 Å². The van der Waals surface area contributed by atoms with Gasteiger partial charge in [-0.2, -0.15) is 0 Å². The van der Waals surface area contributed by atoms with Gasteiger partial charge in [-0.1, -0.05) is 18.7 Å². The van der Waals surface area contributed by atoms with Crippen LogP contribution < -0.4 is 5.32 Å². The quantitative estimate of drug-likeness (QED) is 0.635. The van der Waals surface area contributed by atoms with Crippen LogP contribution in [0.4, 0.5) is 0 Å². The molecule has 24 heavy (non-hydrogen) atoms. The van der Waals surface area contributed by atoms with Gasteiger partial charge in [0.1, 0.15) is 0 Å². The van der Waals surface area contributed by atoms with Gasteiger partial charge in [-0.05, 0) is 75.2 Å². The van der Waals surface area contributed by atoms with E-state index in [2.05, 4.69) is 38.1 Å². The van der Waals surface area contributed by atoms with Crippen LogP contribution >= 0.6 is 11.3 Å². The smallest absolute Gasteiger partial charge is 0.0354 e. The highest BCUT2D eigenvalue weighted by atomic mass is 32.1. The number of rotatable bonds is 6. The first-order chi connectivity index (χ1) is 11.6. The Hall–Kier alpha value is -1.28. The van der Waals surface area contributed by atoms with Crippen molar-refractivity contribution in [3.8, 4) is 0 Å². The Morgan fingerprint density at radius 2 is 1.83 bits per heavy atom. The number of allylic oxidation sites excluding steroid dienone is 2. The summed E-state index contributed by atoms with van der Waals surface area (Å²) in [6.07, 6.45) is 13.3. The highest BCUT2D eigenvalue weighted by molar-refractivity contribution is 7.12. The van der Waals surface area contributed by atoms with Crippen molar-refractivity contribution in [3.05, 3.63) is 52.8 Å². The number of thiophene rings is 1. The summed E-state index contributed by atoms with van der Waals surface area (Å²) in [6, 6.07) is 0. The lowest BCUT2D eigenvalue weighted by atomic mass is 9.86. The fourth-order valence-electron chi connectivity index (χ4n) is 3.35. The topological polar surface area (TPSA) is 12.0 Å². The molecule has 0 saturated heterocycles. The van der Waals surface area contributed by atoms with Gasteiger partial charge in [0, 0.05) is 27.6 Å². The molecule has 0 bridgehead atoms. The first-order valence-corrected chi connectivity index (χ1v) is 10.2. The summed E-state index contributed by atoms with van der Waals surface area (Å²) >= 11 is 1.97. The Morgan fingerprint density at radius 3 is 2.38 bits per heavy atom. The molecule has 1 heterocycles. The molecule has 0 spiro atoms. The number of hydrogen-bond donors (Lipinski definition) is 1. The third-order valence-corrected chi connectivity index (χ3v) is 6.57. The van der Waals surface area contributed by atoms with Crippen LogP contribution in [0.25, 0.3) is 5.70 Å². The third-order valence-electron chi connectivity index (χ3n) is 5.37. The molecule has 2 fully saturated rings. The van der Waals surface area contributed by atoms with Gasteiger partial charge in [-0.15, -0.1) is 24.5 Å². The Bertz CT molecular complexity index is 616. The van der Waals surface area contributed by atoms with Crippen LogP contribution in [0.1, 0.15) is 53.0 Å².